The molecular weight excluding hydrogens is 232 g/mol. The van der Waals surface area contributed by atoms with Crippen molar-refractivity contribution >= 4 is 23.2 Å². The summed E-state index contributed by atoms with van der Waals surface area (Å²) in [5.41, 5.74) is 1.71. The van der Waals surface area contributed by atoms with Gasteiger partial charge in [0.05, 0.1) is 0 Å². The van der Waals surface area contributed by atoms with Crippen molar-refractivity contribution in [1.82, 2.24) is 10.2 Å². The Kier molecular flexibility index (Phi) is 3.38. The Morgan fingerprint density at radius 3 is 2.17 bits per heavy atom. The van der Waals surface area contributed by atoms with Crippen molar-refractivity contribution in [2.45, 2.75) is 6.92 Å². The number of amides is 2. The van der Waals surface area contributed by atoms with Crippen LogP contribution in [0.25, 0.3) is 0 Å². The number of hydrogen-bond acceptors (Lipinski definition) is 3. The molecule has 6 heteroatoms. The van der Waals surface area contributed by atoms with E-state index in [0.717, 1.165) is 0 Å². The van der Waals surface area contributed by atoms with Gasteiger partial charge in [-0.2, -0.15) is 5.10 Å². The monoisotopic (exact) mass is 244 g/mol. The lowest BCUT2D eigenvalue weighted by molar-refractivity contribution is -0.114. The zero-order valence-corrected chi connectivity index (χ0v) is 9.73. The van der Waals surface area contributed by atoms with E-state index in [2.05, 4.69) is 20.8 Å². The van der Waals surface area contributed by atoms with E-state index in [1.165, 1.54) is 13.1 Å². The number of H-pyrrole nitrogens is 1. The molecule has 0 aliphatic carbocycles. The van der Waals surface area contributed by atoms with Gasteiger partial charge in [-0.3, -0.25) is 14.7 Å². The molecule has 0 bridgehead atoms. The first kappa shape index (κ1) is 11.8. The van der Waals surface area contributed by atoms with Gasteiger partial charge in [0.1, 0.15) is 5.69 Å². The highest BCUT2D eigenvalue weighted by atomic mass is 16.2. The van der Waals surface area contributed by atoms with Crippen LogP contribution < -0.4 is 10.6 Å². The summed E-state index contributed by atoms with van der Waals surface area (Å²) in [6, 6.07) is 8.42. The summed E-state index contributed by atoms with van der Waals surface area (Å²) in [5, 5.41) is 11.6. The number of hydrogen-bond donors (Lipinski definition) is 3. The van der Waals surface area contributed by atoms with Crippen LogP contribution in [-0.2, 0) is 4.79 Å². The number of nitrogens with zero attached hydrogens (tertiary/aromatic N) is 1. The van der Waals surface area contributed by atoms with E-state index >= 15 is 0 Å². The maximum Gasteiger partial charge on any atom is 0.273 e. The Hall–Kier alpha value is -2.63. The van der Waals surface area contributed by atoms with Gasteiger partial charge in [0, 0.05) is 24.5 Å². The van der Waals surface area contributed by atoms with Crippen LogP contribution in [0.4, 0.5) is 11.4 Å². The second kappa shape index (κ2) is 5.13. The quantitative estimate of drug-likeness (QED) is 0.766. The third-order valence-corrected chi connectivity index (χ3v) is 2.21. The molecule has 0 saturated carbocycles. The predicted octanol–water partition coefficient (Wildman–Crippen LogP) is 1.62. The van der Waals surface area contributed by atoms with E-state index in [0.29, 0.717) is 17.1 Å². The molecule has 1 heterocycles. The van der Waals surface area contributed by atoms with E-state index in [4.69, 9.17) is 0 Å². The fourth-order valence-corrected chi connectivity index (χ4v) is 1.42. The van der Waals surface area contributed by atoms with Crippen LogP contribution in [0.5, 0.6) is 0 Å². The molecule has 0 radical (unpaired) electrons. The van der Waals surface area contributed by atoms with E-state index < -0.39 is 0 Å². The number of rotatable bonds is 3. The summed E-state index contributed by atoms with van der Waals surface area (Å²) in [7, 11) is 0. The minimum Gasteiger partial charge on any atom is -0.326 e. The van der Waals surface area contributed by atoms with Gasteiger partial charge in [0.2, 0.25) is 5.91 Å². The average Bonchev–Trinajstić information content (AvgIpc) is 2.84. The maximum absolute atomic E-state index is 11.7. The lowest BCUT2D eigenvalue weighted by Gasteiger charge is -2.05. The van der Waals surface area contributed by atoms with Gasteiger partial charge in [-0.25, -0.2) is 0 Å². The first-order valence-electron chi connectivity index (χ1n) is 5.33. The van der Waals surface area contributed by atoms with Crippen LogP contribution in [-0.4, -0.2) is 22.0 Å². The SMILES string of the molecule is CC(=O)Nc1ccc(NC(=O)c2ccn[nH]2)cc1. The molecule has 3 N–H and O–H groups in total. The summed E-state index contributed by atoms with van der Waals surface area (Å²) < 4.78 is 0. The molecule has 0 fully saturated rings. The molecule has 0 unspecified atom stereocenters. The van der Waals surface area contributed by atoms with E-state index in [9.17, 15) is 9.59 Å². The Morgan fingerprint density at radius 1 is 1.06 bits per heavy atom. The lowest BCUT2D eigenvalue weighted by Crippen LogP contribution is -2.12. The van der Waals surface area contributed by atoms with Gasteiger partial charge < -0.3 is 10.6 Å². The highest BCUT2D eigenvalue weighted by Gasteiger charge is 2.06. The van der Waals surface area contributed by atoms with Crippen molar-refractivity contribution in [3.8, 4) is 0 Å². The molecular formula is C12H12N4O2. The lowest BCUT2D eigenvalue weighted by atomic mass is 10.2. The van der Waals surface area contributed by atoms with Crippen LogP contribution in [0.15, 0.2) is 36.5 Å². The summed E-state index contributed by atoms with van der Waals surface area (Å²) in [5.74, 6) is -0.399. The highest BCUT2D eigenvalue weighted by Crippen LogP contribution is 2.14. The second-order valence-electron chi connectivity index (χ2n) is 3.68. The molecule has 2 rings (SSSR count). The van der Waals surface area contributed by atoms with Gasteiger partial charge >= 0.3 is 0 Å². The maximum atomic E-state index is 11.7. The molecule has 1 aromatic heterocycles. The van der Waals surface area contributed by atoms with E-state index in [1.807, 2.05) is 0 Å². The Bertz CT molecular complexity index is 546. The molecule has 0 spiro atoms. The van der Waals surface area contributed by atoms with Gasteiger partial charge in [0.15, 0.2) is 0 Å². The van der Waals surface area contributed by atoms with Crippen molar-refractivity contribution < 1.29 is 9.59 Å². The number of carbonyl (C=O) groups is 2. The molecule has 6 nitrogen and oxygen atoms in total. The first-order valence-corrected chi connectivity index (χ1v) is 5.33. The molecule has 0 aliphatic rings. The minimum atomic E-state index is -0.264. The largest absolute Gasteiger partial charge is 0.326 e. The van der Waals surface area contributed by atoms with Crippen LogP contribution in [0.2, 0.25) is 0 Å². The zero-order chi connectivity index (χ0) is 13.0. The van der Waals surface area contributed by atoms with Gasteiger partial charge in [-0.1, -0.05) is 0 Å². The number of benzene rings is 1. The van der Waals surface area contributed by atoms with Crippen molar-refractivity contribution in [2.24, 2.45) is 0 Å². The third kappa shape index (κ3) is 2.94. The summed E-state index contributed by atoms with van der Waals surface area (Å²) >= 11 is 0. The molecule has 18 heavy (non-hydrogen) atoms. The van der Waals surface area contributed by atoms with Crippen LogP contribution in [0.3, 0.4) is 0 Å². The molecule has 0 saturated heterocycles. The minimum absolute atomic E-state index is 0.135. The van der Waals surface area contributed by atoms with Gasteiger partial charge in [-0.05, 0) is 30.3 Å². The first-order chi connectivity index (χ1) is 8.65. The smallest absolute Gasteiger partial charge is 0.273 e. The number of carbonyl (C=O) groups excluding carboxylic acids is 2. The van der Waals surface area contributed by atoms with Crippen LogP contribution >= 0.6 is 0 Å². The number of anilines is 2. The number of aromatic nitrogens is 2. The van der Waals surface area contributed by atoms with Crippen molar-refractivity contribution in [3.05, 3.63) is 42.2 Å². The summed E-state index contributed by atoms with van der Waals surface area (Å²) in [6.07, 6.45) is 1.51. The highest BCUT2D eigenvalue weighted by molar-refractivity contribution is 6.02. The van der Waals surface area contributed by atoms with Crippen LogP contribution in [0, 0.1) is 0 Å². The molecule has 2 aromatic rings. The Morgan fingerprint density at radius 2 is 1.67 bits per heavy atom. The Labute approximate surface area is 103 Å². The van der Waals surface area contributed by atoms with E-state index in [-0.39, 0.29) is 11.8 Å². The average molecular weight is 244 g/mol. The number of aromatic amines is 1. The molecule has 2 amide bonds. The topological polar surface area (TPSA) is 86.9 Å². The van der Waals surface area contributed by atoms with Gasteiger partial charge in [-0.15, -0.1) is 0 Å². The standard InChI is InChI=1S/C12H12N4O2/c1-8(17)14-9-2-4-10(5-3-9)15-12(18)11-6-7-13-16-11/h2-7H,1H3,(H,13,16)(H,14,17)(H,15,18). The van der Waals surface area contributed by atoms with E-state index in [1.54, 1.807) is 30.3 Å². The summed E-state index contributed by atoms with van der Waals surface area (Å²) in [6.45, 7) is 1.44. The third-order valence-electron chi connectivity index (χ3n) is 2.21. The Balaban J connectivity index is 2.02. The van der Waals surface area contributed by atoms with Crippen molar-refractivity contribution in [1.29, 1.82) is 0 Å². The van der Waals surface area contributed by atoms with Crippen molar-refractivity contribution in [2.75, 3.05) is 10.6 Å². The zero-order valence-electron chi connectivity index (χ0n) is 9.73. The van der Waals surface area contributed by atoms with Crippen molar-refractivity contribution in [3.63, 3.8) is 0 Å². The molecule has 1 aromatic carbocycles. The van der Waals surface area contributed by atoms with Gasteiger partial charge in [0.25, 0.3) is 5.91 Å². The number of nitrogens with one attached hydrogen (secondary N) is 3. The fourth-order valence-electron chi connectivity index (χ4n) is 1.42. The normalized spacial score (nSPS) is 9.83. The molecule has 0 aliphatic heterocycles. The fraction of sp³-hybridized carbons (Fsp3) is 0.0833. The predicted molar refractivity (Wildman–Crippen MR) is 67.3 cm³/mol. The molecule has 0 atom stereocenters. The summed E-state index contributed by atoms with van der Waals surface area (Å²) in [4.78, 5) is 22.5. The molecule has 92 valence electrons. The van der Waals surface area contributed by atoms with Crippen LogP contribution in [0.1, 0.15) is 17.4 Å². The second-order valence-corrected chi connectivity index (χ2v) is 3.68.